The number of nitrogens with one attached hydrogen (secondary N) is 3. The zero-order valence-corrected chi connectivity index (χ0v) is 74.1. The molecule has 4 atom stereocenters. The number of halogens is 17. The number of carbonyl (C=O) groups excluding carboxylic acids is 4. The maximum absolute atomic E-state index is 13.4. The number of aromatic amines is 1. The molecule has 21 nitrogen and oxygen atoms in total. The minimum absolute atomic E-state index is 0.0440. The second kappa shape index (κ2) is 43.5. The molecule has 4 N–H and O–H groups in total. The topological polar surface area (TPSA) is 267 Å². The van der Waals surface area contributed by atoms with E-state index in [1.165, 1.54) is 29.2 Å². The van der Waals surface area contributed by atoms with Crippen molar-refractivity contribution in [3.05, 3.63) is 264 Å². The summed E-state index contributed by atoms with van der Waals surface area (Å²) < 4.78 is 200. The van der Waals surface area contributed by atoms with E-state index in [-0.39, 0.29) is 90.2 Å². The number of nitrogens with zero attached hydrogens (tertiary/aromatic N) is 4. The summed E-state index contributed by atoms with van der Waals surface area (Å²) in [5, 5.41) is 14.3. The summed E-state index contributed by atoms with van der Waals surface area (Å²) in [6.45, 7) is 17.7. The normalized spacial score (nSPS) is 14.6. The van der Waals surface area contributed by atoms with Crippen LogP contribution in [0.4, 0.5) is 52.7 Å². The number of benzene rings is 6. The third-order valence-corrected chi connectivity index (χ3v) is 22.0. The highest BCUT2D eigenvalue weighted by atomic mass is 35.5. The van der Waals surface area contributed by atoms with Crippen molar-refractivity contribution in [3.63, 3.8) is 0 Å². The number of phenolic OH excluding ortho intramolecular Hbond substituents is 1. The second-order valence-corrected chi connectivity index (χ2v) is 32.8. The number of fused-ring (bicyclic) bond motifs is 4. The molecule has 39 heteroatoms. The third-order valence-electron chi connectivity index (χ3n) is 19.6. The lowest BCUT2D eigenvalue weighted by Crippen LogP contribution is -2.39. The third kappa shape index (κ3) is 27.6. The average Bonchev–Trinajstić information content (AvgIpc) is 0.717. The van der Waals surface area contributed by atoms with Crippen LogP contribution in [0, 0.1) is 41.5 Å². The number of aromatic nitrogens is 3. The van der Waals surface area contributed by atoms with Gasteiger partial charge >= 0.3 is 24.7 Å². The van der Waals surface area contributed by atoms with Gasteiger partial charge in [-0.15, -0.1) is 11.6 Å². The van der Waals surface area contributed by atoms with Gasteiger partial charge in [0, 0.05) is 60.0 Å². The Labute approximate surface area is 743 Å². The largest absolute Gasteiger partial charge is 0.506 e. The molecule has 4 unspecified atom stereocenters. The number of pyridine rings is 3. The predicted molar refractivity (Wildman–Crippen MR) is 451 cm³/mol. The zero-order valence-electron chi connectivity index (χ0n) is 69.5. The number of H-pyrrole nitrogens is 1. The summed E-state index contributed by atoms with van der Waals surface area (Å²) in [4.78, 5) is 76.5. The van der Waals surface area contributed by atoms with Crippen molar-refractivity contribution in [1.29, 1.82) is 0 Å². The van der Waals surface area contributed by atoms with E-state index in [1.54, 1.807) is 43.0 Å². The summed E-state index contributed by atoms with van der Waals surface area (Å²) in [7, 11) is -4.03. The molecule has 4 aliphatic rings. The first-order valence-corrected chi connectivity index (χ1v) is 42.5. The van der Waals surface area contributed by atoms with E-state index in [0.717, 1.165) is 88.8 Å². The molecule has 6 aromatic carbocycles. The number of carbonyl (C=O) groups is 4. The van der Waals surface area contributed by atoms with Crippen molar-refractivity contribution in [2.24, 2.45) is 0 Å². The molecular weight excluding hydrogens is 1800 g/mol. The number of hydrogen-bond acceptors (Lipinski definition) is 16. The Morgan fingerprint density at radius 1 is 0.460 bits per heavy atom. The molecule has 0 bridgehead atoms. The molecule has 9 aromatic rings. The van der Waals surface area contributed by atoms with Crippen LogP contribution in [0.25, 0.3) is 0 Å². The van der Waals surface area contributed by atoms with Crippen LogP contribution in [-0.4, -0.2) is 143 Å². The average molecular weight is 1890 g/mol. The van der Waals surface area contributed by atoms with E-state index in [2.05, 4.69) is 29.8 Å². The van der Waals surface area contributed by atoms with Crippen LogP contribution in [0.1, 0.15) is 153 Å². The minimum Gasteiger partial charge on any atom is -0.506 e. The Balaban J connectivity index is 0.000000196. The Hall–Kier alpha value is -10.2. The van der Waals surface area contributed by atoms with Gasteiger partial charge in [0.2, 0.25) is 11.8 Å². The molecule has 4 amide bonds. The van der Waals surface area contributed by atoms with Crippen LogP contribution in [0.2, 0.25) is 20.1 Å². The molecule has 7 heterocycles. The number of rotatable bonds is 19. The first kappa shape index (κ1) is 101. The molecule has 4 aliphatic heterocycles. The van der Waals surface area contributed by atoms with Gasteiger partial charge in [-0.25, -0.2) is 9.97 Å². The molecule has 0 fully saturated rings. The molecule has 0 saturated heterocycles. The fraction of sp³-hybridized carbons (Fsp3) is 0.368. The first-order valence-electron chi connectivity index (χ1n) is 38.6. The van der Waals surface area contributed by atoms with Gasteiger partial charge in [-0.2, -0.15) is 61.1 Å². The minimum atomic E-state index is -4.64. The maximum atomic E-state index is 13.4. The van der Waals surface area contributed by atoms with E-state index >= 15 is 0 Å². The van der Waals surface area contributed by atoms with Crippen molar-refractivity contribution in [2.75, 3.05) is 32.4 Å². The summed E-state index contributed by atoms with van der Waals surface area (Å²) >= 11 is 30.4. The van der Waals surface area contributed by atoms with Crippen molar-refractivity contribution < 1.29 is 113 Å². The predicted octanol–water partition coefficient (Wildman–Crippen LogP) is 19.8. The number of alkyl halides is 13. The van der Waals surface area contributed by atoms with Gasteiger partial charge in [0.1, 0.15) is 36.2 Å². The van der Waals surface area contributed by atoms with Gasteiger partial charge in [0.05, 0.1) is 67.6 Å². The van der Waals surface area contributed by atoms with Crippen LogP contribution in [-0.2, 0) is 72.2 Å². The monoisotopic (exact) mass is 1890 g/mol. The standard InChI is InChI=1S/C27H26ClF3N2O3.C20H20ClF3N2O3.C15H16ClNO.C12H11ClF3NO2.C9H8ClNO2.C4H7F3O3S/c1-16-13-17(2)32-25(35-15-19-7-5-4-6-8-19)21(16)14-33-12-11-20-9-10-22(24(28)23(20)26(33)34)36-18(3)27(29,30)31;1-10-8-11(2)25-18(27)14(10)9-26-7-6-13-4-5-15(17(21)16(13)19(26)28)29-12(3)20(22,23)24;1-11-8-12(2)17-15(14(11)9-16)18-10-13-6-4-3-5-7-13;1-6(12(14,15)16)19-8-3-2-7-4-5-17-11(18)9(7)10(8)13;10-8-6(12)2-1-5-3-4-11-9(13)7(5)8;1-3(4(5,6)7)10-11(2,8)9/h4-10,13,18H,11-12,14-15H2,1-3H3;4-5,8,12H,6-7,9H2,1-3H3,(H,25,27);3-8H,9-10H2,1-2H3;2-3,6H,4-5H2,1H3,(H,17,18);1-2,12H,3-4H2,(H,11,13);3H,1-2H3. The van der Waals surface area contributed by atoms with Crippen LogP contribution in [0.3, 0.4) is 0 Å². The fourth-order valence-corrected chi connectivity index (χ4v) is 15.0. The van der Waals surface area contributed by atoms with Gasteiger partial charge in [0.15, 0.2) is 24.4 Å². The van der Waals surface area contributed by atoms with Gasteiger partial charge in [-0.3, -0.25) is 28.2 Å². The van der Waals surface area contributed by atoms with Crippen LogP contribution in [0.5, 0.6) is 34.8 Å². The lowest BCUT2D eigenvalue weighted by Gasteiger charge is -2.31. The summed E-state index contributed by atoms with van der Waals surface area (Å²) in [5.41, 5.74) is 13.1. The van der Waals surface area contributed by atoms with Crippen LogP contribution >= 0.6 is 58.0 Å². The van der Waals surface area contributed by atoms with E-state index in [9.17, 15) is 90.2 Å². The van der Waals surface area contributed by atoms with E-state index in [4.69, 9.17) is 81.7 Å². The highest BCUT2D eigenvalue weighted by Crippen LogP contribution is 2.42. The molecule has 126 heavy (non-hydrogen) atoms. The number of ether oxygens (including phenoxy) is 5. The number of hydrogen-bond donors (Lipinski definition) is 4. The van der Waals surface area contributed by atoms with Crippen molar-refractivity contribution in [1.82, 2.24) is 35.4 Å². The molecule has 0 saturated carbocycles. The number of amides is 4. The Morgan fingerprint density at radius 2 is 0.810 bits per heavy atom. The molecular formula is C87H88Cl5F12N7O14S. The van der Waals surface area contributed by atoms with E-state index in [0.29, 0.717) is 117 Å². The quantitative estimate of drug-likeness (QED) is 0.0333. The van der Waals surface area contributed by atoms with Crippen LogP contribution in [0.15, 0.2) is 132 Å². The number of aryl methyl sites for hydroxylation is 6. The molecule has 13 rings (SSSR count). The smallest absolute Gasteiger partial charge is 0.425 e. The molecule has 3 aromatic heterocycles. The van der Waals surface area contributed by atoms with E-state index < -0.39 is 71.1 Å². The lowest BCUT2D eigenvalue weighted by atomic mass is 9.97. The summed E-state index contributed by atoms with van der Waals surface area (Å²) in [6.07, 6.45) is -23.7. The molecule has 680 valence electrons. The number of phenols is 1. The maximum Gasteiger partial charge on any atom is 0.425 e. The molecule has 0 spiro atoms. The van der Waals surface area contributed by atoms with Crippen molar-refractivity contribution >= 4 is 91.8 Å². The van der Waals surface area contributed by atoms with E-state index in [1.807, 2.05) is 107 Å². The van der Waals surface area contributed by atoms with Crippen LogP contribution < -0.4 is 39.9 Å². The van der Waals surface area contributed by atoms with Gasteiger partial charge in [0.25, 0.3) is 39.3 Å². The van der Waals surface area contributed by atoms with Crippen molar-refractivity contribution in [3.8, 4) is 34.8 Å². The second-order valence-electron chi connectivity index (χ2n) is 29.4. The number of aromatic hydroxyl groups is 1. The Bertz CT molecular complexity index is 5580. The van der Waals surface area contributed by atoms with Gasteiger partial charge < -0.3 is 54.2 Å². The SMILES string of the molecule is CC(OS(C)(=O)=O)C(F)(F)F.CC(Oc1ccc2c(c1Cl)C(=O)NCC2)C(F)(F)F.Cc1cc(C)c(CCl)c(OCc2ccccc2)n1.Cc1cc(C)c(CN2CCc3ccc(OC(C)C(F)(F)F)c(Cl)c3C2=O)c(=O)[nH]1.Cc1cc(C)c(CN2CCc3ccc(OC(C)C(F)(F)F)c(Cl)c3C2=O)c(OCc2ccccc2)n1.O=C1NCCc2ccc(O)c(Cl)c21. The van der Waals surface area contributed by atoms with Gasteiger partial charge in [-0.1, -0.05) is 131 Å². The summed E-state index contributed by atoms with van der Waals surface area (Å²) in [5.74, 6) is -0.461. The lowest BCUT2D eigenvalue weighted by molar-refractivity contribution is -0.189. The fourth-order valence-electron chi connectivity index (χ4n) is 12.8. The highest BCUT2D eigenvalue weighted by Gasteiger charge is 2.43. The Morgan fingerprint density at radius 3 is 1.18 bits per heavy atom. The van der Waals surface area contributed by atoms with Gasteiger partial charge in [-0.05, 0) is 187 Å². The molecule has 0 radical (unpaired) electrons. The highest BCUT2D eigenvalue weighted by molar-refractivity contribution is 7.86. The molecule has 0 aliphatic carbocycles. The summed E-state index contributed by atoms with van der Waals surface area (Å²) in [6, 6.07) is 37.5. The van der Waals surface area contributed by atoms with Crippen molar-refractivity contribution in [2.45, 2.75) is 176 Å². The Kier molecular flexibility index (Phi) is 34.9. The zero-order chi connectivity index (χ0) is 93.4. The first-order chi connectivity index (χ1) is 58.9.